The highest BCUT2D eigenvalue weighted by Crippen LogP contribution is 2.34. The van der Waals surface area contributed by atoms with Crippen LogP contribution < -0.4 is 5.32 Å². The van der Waals surface area contributed by atoms with Gasteiger partial charge < -0.3 is 10.4 Å². The summed E-state index contributed by atoms with van der Waals surface area (Å²) in [6, 6.07) is 5.43. The number of halogens is 3. The lowest BCUT2D eigenvalue weighted by Gasteiger charge is -2.34. The molecular formula is C19H20F3N3O3. The predicted molar refractivity (Wildman–Crippen MR) is 94.5 cm³/mol. The highest BCUT2D eigenvalue weighted by Gasteiger charge is 2.40. The Kier molecular flexibility index (Phi) is 5.18. The molecule has 0 bridgehead atoms. The number of alkyl halides is 3. The first-order valence-electron chi connectivity index (χ1n) is 8.92. The van der Waals surface area contributed by atoms with Crippen LogP contribution in [0.2, 0.25) is 0 Å². The summed E-state index contributed by atoms with van der Waals surface area (Å²) in [5.41, 5.74) is -2.25. The zero-order valence-corrected chi connectivity index (χ0v) is 15.2. The number of rotatable bonds is 4. The molecule has 0 saturated heterocycles. The van der Waals surface area contributed by atoms with Gasteiger partial charge in [-0.15, -0.1) is 0 Å². The van der Waals surface area contributed by atoms with E-state index < -0.39 is 23.4 Å². The number of amides is 1. The molecule has 9 heteroatoms. The first kappa shape index (κ1) is 19.9. The molecule has 1 aromatic heterocycles. The fourth-order valence-electron chi connectivity index (χ4n) is 3.53. The zero-order valence-electron chi connectivity index (χ0n) is 15.2. The van der Waals surface area contributed by atoms with Crippen LogP contribution in [0.15, 0.2) is 30.5 Å². The smallest absolute Gasteiger partial charge is 0.434 e. The number of carboxylic acids is 1. The third kappa shape index (κ3) is 4.02. The van der Waals surface area contributed by atoms with E-state index in [1.165, 1.54) is 24.3 Å². The molecule has 0 atom stereocenters. The monoisotopic (exact) mass is 395 g/mol. The van der Waals surface area contributed by atoms with Crippen molar-refractivity contribution in [1.82, 2.24) is 15.1 Å². The molecule has 2 N–H and O–H groups in total. The Balaban J connectivity index is 1.85. The van der Waals surface area contributed by atoms with Crippen LogP contribution >= 0.6 is 0 Å². The number of aromatic nitrogens is 2. The summed E-state index contributed by atoms with van der Waals surface area (Å²) < 4.78 is 40.5. The molecule has 2 aromatic rings. The van der Waals surface area contributed by atoms with Crippen molar-refractivity contribution in [3.63, 3.8) is 0 Å². The van der Waals surface area contributed by atoms with Gasteiger partial charge in [0, 0.05) is 11.1 Å². The number of carboxylic acid groups (broad SMARTS) is 1. The second-order valence-corrected chi connectivity index (χ2v) is 7.24. The summed E-state index contributed by atoms with van der Waals surface area (Å²) in [6.07, 6.45) is 0.770. The third-order valence-corrected chi connectivity index (χ3v) is 5.01. The van der Waals surface area contributed by atoms with Crippen molar-refractivity contribution >= 4 is 11.9 Å². The first-order valence-corrected chi connectivity index (χ1v) is 8.92. The lowest BCUT2D eigenvalue weighted by atomic mass is 9.83. The van der Waals surface area contributed by atoms with Gasteiger partial charge in [0.15, 0.2) is 5.69 Å². The molecule has 0 radical (unpaired) electrons. The molecule has 1 saturated carbocycles. The van der Waals surface area contributed by atoms with Crippen LogP contribution in [0.25, 0.3) is 5.69 Å². The van der Waals surface area contributed by atoms with Gasteiger partial charge in [-0.25, -0.2) is 9.48 Å². The summed E-state index contributed by atoms with van der Waals surface area (Å²) in [6.45, 7) is 1.99. The van der Waals surface area contributed by atoms with E-state index in [0.29, 0.717) is 16.4 Å². The fraction of sp³-hybridized carbons (Fsp3) is 0.421. The van der Waals surface area contributed by atoms with Crippen LogP contribution in [0.5, 0.6) is 0 Å². The Labute approximate surface area is 159 Å². The molecular weight excluding hydrogens is 375 g/mol. The van der Waals surface area contributed by atoms with E-state index in [-0.39, 0.29) is 17.1 Å². The van der Waals surface area contributed by atoms with Gasteiger partial charge >= 0.3 is 12.1 Å². The van der Waals surface area contributed by atoms with E-state index in [1.54, 1.807) is 0 Å². The number of aromatic carboxylic acids is 1. The molecule has 1 aliphatic rings. The minimum absolute atomic E-state index is 0.0141. The fourth-order valence-corrected chi connectivity index (χ4v) is 3.53. The average molecular weight is 395 g/mol. The van der Waals surface area contributed by atoms with Gasteiger partial charge in [-0.3, -0.25) is 4.79 Å². The summed E-state index contributed by atoms with van der Waals surface area (Å²) in [5, 5.41) is 15.6. The standard InChI is InChI=1S/C19H20F3N3O3/c1-18(9-3-2-4-10-18)24-16(26)12-5-7-13(8-6-12)25-15(19(20,21)22)14(11-23-25)17(27)28/h5-8,11H,2-4,9-10H2,1H3,(H,24,26)(H,27,28). The first-order chi connectivity index (χ1) is 13.1. The van der Waals surface area contributed by atoms with E-state index in [4.69, 9.17) is 5.11 Å². The Morgan fingerprint density at radius 3 is 2.29 bits per heavy atom. The van der Waals surface area contributed by atoms with Crippen molar-refractivity contribution in [3.05, 3.63) is 47.3 Å². The topological polar surface area (TPSA) is 84.2 Å². The lowest BCUT2D eigenvalue weighted by Crippen LogP contribution is -2.47. The highest BCUT2D eigenvalue weighted by atomic mass is 19.4. The molecule has 1 aliphatic carbocycles. The lowest BCUT2D eigenvalue weighted by molar-refractivity contribution is -0.143. The minimum atomic E-state index is -4.89. The Morgan fingerprint density at radius 1 is 1.14 bits per heavy atom. The van der Waals surface area contributed by atoms with Crippen molar-refractivity contribution in [2.24, 2.45) is 0 Å². The normalized spacial score (nSPS) is 16.6. The van der Waals surface area contributed by atoms with Crippen LogP contribution in [-0.4, -0.2) is 32.3 Å². The number of nitrogens with zero attached hydrogens (tertiary/aromatic N) is 2. The summed E-state index contributed by atoms with van der Waals surface area (Å²) in [7, 11) is 0. The molecule has 0 unspecified atom stereocenters. The van der Waals surface area contributed by atoms with Crippen molar-refractivity contribution in [2.45, 2.75) is 50.7 Å². The average Bonchev–Trinajstić information content (AvgIpc) is 3.08. The largest absolute Gasteiger partial charge is 0.478 e. The number of carbonyl (C=O) groups excluding carboxylic acids is 1. The van der Waals surface area contributed by atoms with Crippen LogP contribution in [0.4, 0.5) is 13.2 Å². The minimum Gasteiger partial charge on any atom is -0.478 e. The van der Waals surface area contributed by atoms with Gasteiger partial charge in [0.05, 0.1) is 11.9 Å². The summed E-state index contributed by atoms with van der Waals surface area (Å²) >= 11 is 0. The maximum Gasteiger partial charge on any atom is 0.434 e. The Bertz CT molecular complexity index is 882. The van der Waals surface area contributed by atoms with Gasteiger partial charge in [0.2, 0.25) is 0 Å². The number of hydrogen-bond donors (Lipinski definition) is 2. The molecule has 1 amide bonds. The van der Waals surface area contributed by atoms with E-state index >= 15 is 0 Å². The van der Waals surface area contributed by atoms with E-state index in [0.717, 1.165) is 32.1 Å². The second kappa shape index (κ2) is 7.29. The van der Waals surface area contributed by atoms with Crippen molar-refractivity contribution in [3.8, 4) is 5.69 Å². The number of nitrogens with one attached hydrogen (secondary N) is 1. The maximum absolute atomic E-state index is 13.3. The van der Waals surface area contributed by atoms with Crippen molar-refractivity contribution in [2.75, 3.05) is 0 Å². The number of hydrogen-bond acceptors (Lipinski definition) is 3. The molecule has 1 heterocycles. The third-order valence-electron chi connectivity index (χ3n) is 5.01. The molecule has 6 nitrogen and oxygen atoms in total. The van der Waals surface area contributed by atoms with E-state index in [1.807, 2.05) is 6.92 Å². The quantitative estimate of drug-likeness (QED) is 0.818. The molecule has 1 aromatic carbocycles. The van der Waals surface area contributed by atoms with E-state index in [2.05, 4.69) is 10.4 Å². The van der Waals surface area contributed by atoms with Gasteiger partial charge in [-0.05, 0) is 44.0 Å². The Hall–Kier alpha value is -2.84. The predicted octanol–water partition coefficient (Wildman–Crippen LogP) is 4.04. The second-order valence-electron chi connectivity index (χ2n) is 7.24. The zero-order chi connectivity index (χ0) is 20.5. The van der Waals surface area contributed by atoms with Gasteiger partial charge in [-0.2, -0.15) is 18.3 Å². The molecule has 1 fully saturated rings. The number of benzene rings is 1. The van der Waals surface area contributed by atoms with Crippen molar-refractivity contribution in [1.29, 1.82) is 0 Å². The van der Waals surface area contributed by atoms with Gasteiger partial charge in [0.25, 0.3) is 5.91 Å². The molecule has 150 valence electrons. The van der Waals surface area contributed by atoms with Crippen molar-refractivity contribution < 1.29 is 27.9 Å². The molecule has 0 aliphatic heterocycles. The van der Waals surface area contributed by atoms with Crippen LogP contribution in [0.3, 0.4) is 0 Å². The van der Waals surface area contributed by atoms with Crippen LogP contribution in [0.1, 0.15) is 65.4 Å². The van der Waals surface area contributed by atoms with Crippen LogP contribution in [0, 0.1) is 0 Å². The number of carbonyl (C=O) groups is 2. The van der Waals surface area contributed by atoms with Gasteiger partial charge in [0.1, 0.15) is 5.56 Å². The van der Waals surface area contributed by atoms with Gasteiger partial charge in [-0.1, -0.05) is 19.3 Å². The highest BCUT2D eigenvalue weighted by molar-refractivity contribution is 5.95. The summed E-state index contributed by atoms with van der Waals surface area (Å²) in [4.78, 5) is 23.6. The molecule has 28 heavy (non-hydrogen) atoms. The van der Waals surface area contributed by atoms with Crippen LogP contribution in [-0.2, 0) is 6.18 Å². The summed E-state index contributed by atoms with van der Waals surface area (Å²) in [5.74, 6) is -2.01. The molecule has 3 rings (SSSR count). The maximum atomic E-state index is 13.3. The van der Waals surface area contributed by atoms with E-state index in [9.17, 15) is 22.8 Å². The SMILES string of the molecule is CC1(NC(=O)c2ccc(-n3ncc(C(=O)O)c3C(F)(F)F)cc2)CCCCC1. The Morgan fingerprint density at radius 2 is 1.75 bits per heavy atom. The molecule has 0 spiro atoms.